The lowest BCUT2D eigenvalue weighted by Gasteiger charge is -2.37. The Morgan fingerprint density at radius 2 is 2.25 bits per heavy atom. The van der Waals surface area contributed by atoms with Crippen molar-refractivity contribution in [2.75, 3.05) is 17.6 Å². The summed E-state index contributed by atoms with van der Waals surface area (Å²) in [5, 5.41) is 3.44. The highest BCUT2D eigenvalue weighted by Crippen LogP contribution is 2.24. The van der Waals surface area contributed by atoms with Gasteiger partial charge in [0.1, 0.15) is 0 Å². The van der Waals surface area contributed by atoms with Crippen molar-refractivity contribution < 1.29 is 4.79 Å². The van der Waals surface area contributed by atoms with Crippen LogP contribution in [0.5, 0.6) is 0 Å². The molecule has 0 aromatic heterocycles. The van der Waals surface area contributed by atoms with Crippen molar-refractivity contribution in [2.24, 2.45) is 0 Å². The van der Waals surface area contributed by atoms with E-state index in [2.05, 4.69) is 17.1 Å². The Bertz CT molecular complexity index is 492. The van der Waals surface area contributed by atoms with E-state index in [9.17, 15) is 4.79 Å². The first kappa shape index (κ1) is 15.1. The number of nitrogen functional groups attached to an aromatic ring is 1. The number of nitrogens with zero attached hydrogens (tertiary/aromatic N) is 1. The third-order valence-corrected chi connectivity index (χ3v) is 4.24. The predicted molar refractivity (Wildman–Crippen MR) is 84.0 cm³/mol. The van der Waals surface area contributed by atoms with E-state index < -0.39 is 0 Å². The van der Waals surface area contributed by atoms with E-state index in [4.69, 9.17) is 17.3 Å². The van der Waals surface area contributed by atoms with Crippen LogP contribution < -0.4 is 11.1 Å². The van der Waals surface area contributed by atoms with Crippen LogP contribution in [0.15, 0.2) is 18.2 Å². The summed E-state index contributed by atoms with van der Waals surface area (Å²) >= 11 is 5.93. The molecule has 0 saturated carbocycles. The molecule has 3 N–H and O–H groups in total. The van der Waals surface area contributed by atoms with Gasteiger partial charge in [-0.15, -0.1) is 0 Å². The second-order valence-corrected chi connectivity index (χ2v) is 5.92. The van der Waals surface area contributed by atoms with E-state index in [1.165, 1.54) is 6.42 Å². The van der Waals surface area contributed by atoms with Gasteiger partial charge in [0.15, 0.2) is 0 Å². The maximum atomic E-state index is 12.4. The summed E-state index contributed by atoms with van der Waals surface area (Å²) in [5.41, 5.74) is 6.97. The molecule has 1 heterocycles. The minimum absolute atomic E-state index is 0.0345. The molecule has 0 aliphatic carbocycles. The van der Waals surface area contributed by atoms with E-state index in [0.29, 0.717) is 22.4 Å². The molecule has 2 atom stereocenters. The monoisotopic (exact) mass is 295 g/mol. The van der Waals surface area contributed by atoms with Crippen molar-refractivity contribution in [3.8, 4) is 0 Å². The summed E-state index contributed by atoms with van der Waals surface area (Å²) in [5.74, 6) is -0.0345. The highest BCUT2D eigenvalue weighted by atomic mass is 35.5. The highest BCUT2D eigenvalue weighted by molar-refractivity contribution is 6.31. The van der Waals surface area contributed by atoms with Crippen molar-refractivity contribution in [3.63, 3.8) is 0 Å². The summed E-state index contributed by atoms with van der Waals surface area (Å²) in [4.78, 5) is 14.6. The molecule has 5 heteroatoms. The number of anilines is 2. The molecule has 0 radical (unpaired) electrons. The largest absolute Gasteiger partial charge is 0.397 e. The van der Waals surface area contributed by atoms with Crippen LogP contribution in [0.3, 0.4) is 0 Å². The summed E-state index contributed by atoms with van der Waals surface area (Å²) in [6.07, 6.45) is 3.55. The van der Waals surface area contributed by atoms with E-state index >= 15 is 0 Å². The quantitative estimate of drug-likeness (QED) is 0.842. The van der Waals surface area contributed by atoms with Crippen LogP contribution >= 0.6 is 11.6 Å². The van der Waals surface area contributed by atoms with Gasteiger partial charge in [0.25, 0.3) is 0 Å². The van der Waals surface area contributed by atoms with Crippen LogP contribution in [0.1, 0.15) is 33.1 Å². The number of piperidine rings is 1. The molecule has 4 nitrogen and oxygen atoms in total. The van der Waals surface area contributed by atoms with Gasteiger partial charge in [-0.2, -0.15) is 0 Å². The number of hydrogen-bond donors (Lipinski definition) is 2. The van der Waals surface area contributed by atoms with Gasteiger partial charge in [0, 0.05) is 11.1 Å². The lowest BCUT2D eigenvalue weighted by atomic mass is 10.0. The zero-order valence-electron chi connectivity index (χ0n) is 12.0. The van der Waals surface area contributed by atoms with E-state index in [0.717, 1.165) is 19.4 Å². The van der Waals surface area contributed by atoms with Crippen molar-refractivity contribution in [1.29, 1.82) is 0 Å². The number of halogens is 1. The molecule has 110 valence electrons. The van der Waals surface area contributed by atoms with Gasteiger partial charge >= 0.3 is 0 Å². The molecule has 1 aromatic carbocycles. The van der Waals surface area contributed by atoms with Crippen LogP contribution in [-0.4, -0.2) is 29.4 Å². The van der Waals surface area contributed by atoms with Crippen LogP contribution in [0.4, 0.5) is 11.4 Å². The van der Waals surface area contributed by atoms with Crippen molar-refractivity contribution in [1.82, 2.24) is 4.90 Å². The maximum Gasteiger partial charge on any atom is 0.241 e. The topological polar surface area (TPSA) is 58.4 Å². The summed E-state index contributed by atoms with van der Waals surface area (Å²) < 4.78 is 0. The first-order valence-electron chi connectivity index (χ1n) is 7.10. The van der Waals surface area contributed by atoms with Crippen LogP contribution in [-0.2, 0) is 4.79 Å². The van der Waals surface area contributed by atoms with Gasteiger partial charge in [0.2, 0.25) is 5.91 Å². The van der Waals surface area contributed by atoms with Crippen molar-refractivity contribution >= 4 is 28.9 Å². The summed E-state index contributed by atoms with van der Waals surface area (Å²) in [7, 11) is 0. The third kappa shape index (κ3) is 3.44. The molecule has 2 rings (SSSR count). The minimum atomic E-state index is -0.163. The summed E-state index contributed by atoms with van der Waals surface area (Å²) in [6.45, 7) is 5.09. The van der Waals surface area contributed by atoms with Crippen molar-refractivity contribution in [2.45, 2.75) is 45.2 Å². The number of nitrogens with one attached hydrogen (secondary N) is 1. The Morgan fingerprint density at radius 1 is 1.50 bits per heavy atom. The van der Waals surface area contributed by atoms with Crippen molar-refractivity contribution in [3.05, 3.63) is 23.2 Å². The molecular formula is C15H22ClN3O. The standard InChI is InChI=1S/C15H22ClN3O/c1-10-5-3-4-8-19(10)11(2)15(20)18-14-9-12(16)6-7-13(14)17/h6-7,9-11H,3-5,8,17H2,1-2H3,(H,18,20). The fourth-order valence-electron chi connectivity index (χ4n) is 2.72. The molecule has 0 bridgehead atoms. The van der Waals surface area contributed by atoms with Gasteiger partial charge < -0.3 is 11.1 Å². The molecular weight excluding hydrogens is 274 g/mol. The second-order valence-electron chi connectivity index (χ2n) is 5.48. The van der Waals surface area contributed by atoms with Gasteiger partial charge in [-0.3, -0.25) is 9.69 Å². The first-order chi connectivity index (χ1) is 9.49. The number of nitrogens with two attached hydrogens (primary N) is 1. The smallest absolute Gasteiger partial charge is 0.241 e. The van der Waals surface area contributed by atoms with Gasteiger partial charge in [0.05, 0.1) is 17.4 Å². The second kappa shape index (κ2) is 6.46. The Hall–Kier alpha value is -1.26. The maximum absolute atomic E-state index is 12.4. The average Bonchev–Trinajstić information content (AvgIpc) is 2.42. The average molecular weight is 296 g/mol. The predicted octanol–water partition coefficient (Wildman–Crippen LogP) is 3.12. The van der Waals surface area contributed by atoms with Crippen LogP contribution in [0.2, 0.25) is 5.02 Å². The number of likely N-dealkylation sites (tertiary alicyclic amines) is 1. The molecule has 20 heavy (non-hydrogen) atoms. The van der Waals surface area contributed by atoms with E-state index in [1.54, 1.807) is 18.2 Å². The fraction of sp³-hybridized carbons (Fsp3) is 0.533. The lowest BCUT2D eigenvalue weighted by molar-refractivity contribution is -0.122. The number of carbonyl (C=O) groups is 1. The normalized spacial score (nSPS) is 21.4. The molecule has 1 amide bonds. The molecule has 1 saturated heterocycles. The Labute approximate surface area is 125 Å². The molecule has 1 aliphatic rings. The minimum Gasteiger partial charge on any atom is -0.397 e. The Balaban J connectivity index is 2.05. The zero-order valence-corrected chi connectivity index (χ0v) is 12.8. The lowest BCUT2D eigenvalue weighted by Crippen LogP contribution is -2.48. The SMILES string of the molecule is CC1CCCCN1C(C)C(=O)Nc1cc(Cl)ccc1N. The molecule has 1 fully saturated rings. The highest BCUT2D eigenvalue weighted by Gasteiger charge is 2.27. The van der Waals surface area contributed by atoms with Gasteiger partial charge in [-0.05, 0) is 51.4 Å². The van der Waals surface area contributed by atoms with Gasteiger partial charge in [-0.1, -0.05) is 18.0 Å². The molecule has 2 unspecified atom stereocenters. The third-order valence-electron chi connectivity index (χ3n) is 4.00. The summed E-state index contributed by atoms with van der Waals surface area (Å²) in [6, 6.07) is 5.38. The molecule has 0 spiro atoms. The number of amides is 1. The van der Waals surface area contributed by atoms with E-state index in [-0.39, 0.29) is 11.9 Å². The number of rotatable bonds is 3. The molecule has 1 aromatic rings. The number of hydrogen-bond acceptors (Lipinski definition) is 3. The fourth-order valence-corrected chi connectivity index (χ4v) is 2.89. The molecule has 1 aliphatic heterocycles. The van der Waals surface area contributed by atoms with E-state index in [1.807, 2.05) is 6.92 Å². The Morgan fingerprint density at radius 3 is 2.95 bits per heavy atom. The van der Waals surface area contributed by atoms with Crippen LogP contribution in [0.25, 0.3) is 0 Å². The van der Waals surface area contributed by atoms with Crippen LogP contribution in [0, 0.1) is 0 Å². The first-order valence-corrected chi connectivity index (χ1v) is 7.48. The zero-order chi connectivity index (χ0) is 14.7. The number of benzene rings is 1. The van der Waals surface area contributed by atoms with Gasteiger partial charge in [-0.25, -0.2) is 0 Å². The number of carbonyl (C=O) groups excluding carboxylic acids is 1. The Kier molecular flexibility index (Phi) is 4.89.